The normalized spacial score (nSPS) is 24.2. The van der Waals surface area contributed by atoms with E-state index >= 15 is 0 Å². The van der Waals surface area contributed by atoms with Crippen LogP contribution in [-0.2, 0) is 6.54 Å². The van der Waals surface area contributed by atoms with Gasteiger partial charge in [-0.25, -0.2) is 14.2 Å². The number of aromatic nitrogens is 1. The molecular weight excluding hydrogens is 395 g/mol. The number of anilines is 2. The molecule has 1 aromatic carbocycles. The van der Waals surface area contributed by atoms with E-state index in [1.165, 1.54) is 25.0 Å². The second-order valence-electron chi connectivity index (χ2n) is 8.61. The molecule has 1 atom stereocenters. The zero-order valence-corrected chi connectivity index (χ0v) is 17.4. The zero-order valence-electron chi connectivity index (χ0n) is 17.4. The van der Waals surface area contributed by atoms with E-state index < -0.39 is 5.54 Å². The summed E-state index contributed by atoms with van der Waals surface area (Å²) in [6.45, 7) is 1.42. The van der Waals surface area contributed by atoms with E-state index in [9.17, 15) is 9.18 Å². The van der Waals surface area contributed by atoms with Crippen molar-refractivity contribution >= 4 is 23.4 Å². The van der Waals surface area contributed by atoms with Crippen LogP contribution in [0.2, 0.25) is 0 Å². The van der Waals surface area contributed by atoms with Gasteiger partial charge in [-0.1, -0.05) is 25.0 Å². The molecule has 31 heavy (non-hydrogen) atoms. The van der Waals surface area contributed by atoms with Crippen LogP contribution in [0.15, 0.2) is 47.6 Å². The molecule has 1 spiro atoms. The molecule has 0 radical (unpaired) electrons. The van der Waals surface area contributed by atoms with Gasteiger partial charge in [-0.15, -0.1) is 0 Å². The molecule has 162 valence electrons. The molecule has 2 fully saturated rings. The maximum Gasteiger partial charge on any atom is 0.317 e. The summed E-state index contributed by atoms with van der Waals surface area (Å²) in [4.78, 5) is 24.2. The summed E-state index contributed by atoms with van der Waals surface area (Å²) < 4.78 is 13.4. The van der Waals surface area contributed by atoms with Crippen LogP contribution in [-0.4, -0.2) is 46.4 Å². The Labute approximate surface area is 181 Å². The standard InChI is InChI=1S/C23H27FN6O/c24-17-6-3-5-16(13-17)14-26-22(31)30-12-10-23(15-30)21(27-18-7-1-2-8-18)28-20-19(29-23)9-4-11-25-20/h3-6,9,11,13,18,29H,1-2,7-8,10,12,14-15H2,(H,26,31)(H,25,27,28)/t23-/m0/s1. The van der Waals surface area contributed by atoms with Crippen LogP contribution in [0.4, 0.5) is 20.7 Å². The predicted octanol–water partition coefficient (Wildman–Crippen LogP) is 3.75. The zero-order chi connectivity index (χ0) is 21.3. The van der Waals surface area contributed by atoms with Crippen LogP contribution in [0.5, 0.6) is 0 Å². The molecule has 0 unspecified atom stereocenters. The van der Waals surface area contributed by atoms with Crippen molar-refractivity contribution in [2.75, 3.05) is 23.7 Å². The Balaban J connectivity index is 1.33. The summed E-state index contributed by atoms with van der Waals surface area (Å²) in [5.74, 6) is 1.36. The molecule has 0 bridgehead atoms. The molecule has 1 aliphatic carbocycles. The third-order valence-corrected chi connectivity index (χ3v) is 6.40. The summed E-state index contributed by atoms with van der Waals surface area (Å²) in [5, 5.41) is 10.0. The molecular formula is C23H27FN6O. The van der Waals surface area contributed by atoms with E-state index in [1.807, 2.05) is 12.1 Å². The Bertz CT molecular complexity index is 1010. The van der Waals surface area contributed by atoms with E-state index in [2.05, 4.69) is 20.9 Å². The molecule has 3 heterocycles. The number of halogens is 1. The van der Waals surface area contributed by atoms with Crippen molar-refractivity contribution < 1.29 is 9.18 Å². The van der Waals surface area contributed by atoms with Gasteiger partial charge in [0.25, 0.3) is 0 Å². The first-order chi connectivity index (χ1) is 15.1. The van der Waals surface area contributed by atoms with Crippen molar-refractivity contribution in [1.82, 2.24) is 15.2 Å². The number of aliphatic imine (C=N–C) groups is 1. The van der Waals surface area contributed by atoms with Gasteiger partial charge in [0.15, 0.2) is 5.82 Å². The molecule has 2 aromatic rings. The quantitative estimate of drug-likeness (QED) is 0.704. The third kappa shape index (κ3) is 4.06. The molecule has 2 amide bonds. The Kier molecular flexibility index (Phi) is 5.21. The highest BCUT2D eigenvalue weighted by atomic mass is 19.1. The third-order valence-electron chi connectivity index (χ3n) is 6.40. The van der Waals surface area contributed by atoms with Gasteiger partial charge in [0.1, 0.15) is 17.2 Å². The lowest BCUT2D eigenvalue weighted by Crippen LogP contribution is -2.55. The lowest BCUT2D eigenvalue weighted by Gasteiger charge is -2.38. The Hall–Kier alpha value is -3.16. The van der Waals surface area contributed by atoms with E-state index in [1.54, 1.807) is 23.2 Å². The fourth-order valence-electron chi connectivity index (χ4n) is 4.74. The van der Waals surface area contributed by atoms with Crippen molar-refractivity contribution in [2.24, 2.45) is 4.99 Å². The molecule has 1 saturated carbocycles. The minimum absolute atomic E-state index is 0.153. The van der Waals surface area contributed by atoms with E-state index in [-0.39, 0.29) is 11.8 Å². The van der Waals surface area contributed by atoms with Crippen LogP contribution in [0.1, 0.15) is 37.7 Å². The number of hydrogen-bond acceptors (Lipinski definition) is 4. The second kappa shape index (κ2) is 8.17. The number of amidine groups is 1. The number of rotatable bonds is 3. The number of nitrogens with one attached hydrogen (secondary N) is 3. The van der Waals surface area contributed by atoms with Gasteiger partial charge in [0.05, 0.1) is 18.3 Å². The van der Waals surface area contributed by atoms with E-state index in [4.69, 9.17) is 4.99 Å². The number of nitrogens with zero attached hydrogens (tertiary/aromatic N) is 3. The predicted molar refractivity (Wildman–Crippen MR) is 119 cm³/mol. The van der Waals surface area contributed by atoms with Gasteiger partial charge in [-0.3, -0.25) is 4.99 Å². The van der Waals surface area contributed by atoms with Gasteiger partial charge < -0.3 is 20.9 Å². The highest BCUT2D eigenvalue weighted by Gasteiger charge is 2.47. The first kappa shape index (κ1) is 19.8. The van der Waals surface area contributed by atoms with E-state index in [0.717, 1.165) is 42.2 Å². The fraction of sp³-hybridized carbons (Fsp3) is 0.435. The number of likely N-dealkylation sites (tertiary alicyclic amines) is 1. The van der Waals surface area contributed by atoms with Gasteiger partial charge in [0, 0.05) is 19.3 Å². The summed E-state index contributed by atoms with van der Waals surface area (Å²) in [5.41, 5.74) is 1.22. The van der Waals surface area contributed by atoms with Crippen LogP contribution in [0.25, 0.3) is 0 Å². The number of pyridine rings is 1. The average Bonchev–Trinajstić information content (AvgIpc) is 3.43. The number of carbonyl (C=O) groups excluding carboxylic acids is 1. The van der Waals surface area contributed by atoms with Crippen molar-refractivity contribution in [2.45, 2.75) is 50.2 Å². The van der Waals surface area contributed by atoms with Crippen LogP contribution in [0, 0.1) is 5.82 Å². The Morgan fingerprint density at radius 1 is 1.29 bits per heavy atom. The molecule has 1 aromatic heterocycles. The van der Waals surface area contributed by atoms with Crippen molar-refractivity contribution in [3.8, 4) is 0 Å². The van der Waals surface area contributed by atoms with Gasteiger partial charge in [-0.2, -0.15) is 0 Å². The first-order valence-corrected chi connectivity index (χ1v) is 11.0. The SMILES string of the molecule is O=C(NCc1cccc(F)c1)N1CC[C@@]2(C1)Nc1cccnc1NC2=NC1CCCC1. The topological polar surface area (TPSA) is 81.7 Å². The summed E-state index contributed by atoms with van der Waals surface area (Å²) in [6.07, 6.45) is 7.16. The Morgan fingerprint density at radius 2 is 2.16 bits per heavy atom. The molecule has 1 saturated heterocycles. The maximum atomic E-state index is 13.4. The number of carbonyl (C=O) groups is 1. The lowest BCUT2D eigenvalue weighted by atomic mass is 9.93. The monoisotopic (exact) mass is 422 g/mol. The number of benzene rings is 1. The highest BCUT2D eigenvalue weighted by Crippen LogP contribution is 2.36. The first-order valence-electron chi connectivity index (χ1n) is 11.0. The summed E-state index contributed by atoms with van der Waals surface area (Å²) in [7, 11) is 0. The molecule has 2 aliphatic heterocycles. The minimum atomic E-state index is -0.450. The maximum absolute atomic E-state index is 13.4. The van der Waals surface area contributed by atoms with Crippen LogP contribution < -0.4 is 16.0 Å². The van der Waals surface area contributed by atoms with Gasteiger partial charge in [0.2, 0.25) is 0 Å². The Morgan fingerprint density at radius 3 is 3.00 bits per heavy atom. The number of urea groups is 1. The van der Waals surface area contributed by atoms with E-state index in [0.29, 0.717) is 25.7 Å². The van der Waals surface area contributed by atoms with Crippen LogP contribution >= 0.6 is 0 Å². The van der Waals surface area contributed by atoms with Crippen molar-refractivity contribution in [3.63, 3.8) is 0 Å². The number of fused-ring (bicyclic) bond motifs is 1. The average molecular weight is 423 g/mol. The van der Waals surface area contributed by atoms with Crippen LogP contribution in [0.3, 0.4) is 0 Å². The summed E-state index contributed by atoms with van der Waals surface area (Å²) >= 11 is 0. The second-order valence-corrected chi connectivity index (χ2v) is 8.61. The highest BCUT2D eigenvalue weighted by molar-refractivity contribution is 6.09. The largest absolute Gasteiger partial charge is 0.368 e. The summed E-state index contributed by atoms with van der Waals surface area (Å²) in [6, 6.07) is 10.4. The van der Waals surface area contributed by atoms with Gasteiger partial charge in [-0.05, 0) is 49.1 Å². The number of hydrogen-bond donors (Lipinski definition) is 3. The molecule has 5 rings (SSSR count). The minimum Gasteiger partial charge on any atom is -0.368 e. The molecule has 8 heteroatoms. The lowest BCUT2D eigenvalue weighted by molar-refractivity contribution is 0.207. The molecule has 3 aliphatic rings. The fourth-order valence-corrected chi connectivity index (χ4v) is 4.74. The molecule has 7 nitrogen and oxygen atoms in total. The van der Waals surface area contributed by atoms with Crippen molar-refractivity contribution in [3.05, 3.63) is 54.0 Å². The molecule has 3 N–H and O–H groups in total. The number of amides is 2. The van der Waals surface area contributed by atoms with Gasteiger partial charge >= 0.3 is 6.03 Å². The van der Waals surface area contributed by atoms with Crippen molar-refractivity contribution in [1.29, 1.82) is 0 Å². The smallest absolute Gasteiger partial charge is 0.317 e.